The molecule has 3 aromatic rings. The number of carbonyl (C=O) groups is 1. The summed E-state index contributed by atoms with van der Waals surface area (Å²) in [6, 6.07) is 25.3. The summed E-state index contributed by atoms with van der Waals surface area (Å²) in [7, 11) is 0. The number of hydrogen-bond acceptors (Lipinski definition) is 3. The summed E-state index contributed by atoms with van der Waals surface area (Å²) in [6.07, 6.45) is 0. The van der Waals surface area contributed by atoms with Gasteiger partial charge in [-0.2, -0.15) is 0 Å². The number of ether oxygens (including phenoxy) is 1. The SMILES string of the molecule is O=C(c1ccccc1Cl)N1CCS[C@H]1c1cccc(OCc2ccccc2)c1. The van der Waals surface area contributed by atoms with Crippen LogP contribution in [0.25, 0.3) is 0 Å². The smallest absolute Gasteiger partial charge is 0.256 e. The molecule has 0 radical (unpaired) electrons. The van der Waals surface area contributed by atoms with Crippen molar-refractivity contribution >= 4 is 29.3 Å². The predicted octanol–water partition coefficient (Wildman–Crippen LogP) is 5.81. The standard InChI is InChI=1S/C23H20ClNO2S/c24-21-12-5-4-11-20(21)22(26)25-13-14-28-23(25)18-9-6-10-19(15-18)27-16-17-7-2-1-3-8-17/h1-12,15,23H,13-14,16H2/t23-/m0/s1. The summed E-state index contributed by atoms with van der Waals surface area (Å²) in [5.74, 6) is 1.67. The van der Waals surface area contributed by atoms with E-state index in [1.54, 1.807) is 23.9 Å². The number of halogens is 1. The van der Waals surface area contributed by atoms with Crippen LogP contribution in [-0.2, 0) is 6.61 Å². The second-order valence-electron chi connectivity index (χ2n) is 6.55. The van der Waals surface area contributed by atoms with Gasteiger partial charge >= 0.3 is 0 Å². The van der Waals surface area contributed by atoms with Gasteiger partial charge in [-0.05, 0) is 35.4 Å². The normalized spacial score (nSPS) is 16.2. The molecule has 1 heterocycles. The highest BCUT2D eigenvalue weighted by molar-refractivity contribution is 7.99. The third kappa shape index (κ3) is 4.18. The number of thioether (sulfide) groups is 1. The van der Waals surface area contributed by atoms with Crippen molar-refractivity contribution in [2.45, 2.75) is 12.0 Å². The Balaban J connectivity index is 1.51. The Labute approximate surface area is 174 Å². The fourth-order valence-electron chi connectivity index (χ4n) is 3.24. The maximum atomic E-state index is 13.0. The van der Waals surface area contributed by atoms with Crippen molar-refractivity contribution in [2.24, 2.45) is 0 Å². The van der Waals surface area contributed by atoms with Gasteiger partial charge in [-0.3, -0.25) is 4.79 Å². The summed E-state index contributed by atoms with van der Waals surface area (Å²) in [4.78, 5) is 14.9. The van der Waals surface area contributed by atoms with Crippen LogP contribution in [0.4, 0.5) is 0 Å². The van der Waals surface area contributed by atoms with Crippen LogP contribution >= 0.6 is 23.4 Å². The van der Waals surface area contributed by atoms with Gasteiger partial charge in [0.1, 0.15) is 17.7 Å². The van der Waals surface area contributed by atoms with Gasteiger partial charge in [0.2, 0.25) is 0 Å². The minimum Gasteiger partial charge on any atom is -0.489 e. The Morgan fingerprint density at radius 1 is 1.04 bits per heavy atom. The zero-order valence-corrected chi connectivity index (χ0v) is 16.8. The number of benzene rings is 3. The highest BCUT2D eigenvalue weighted by Crippen LogP contribution is 2.40. The molecular formula is C23H20ClNO2S. The van der Waals surface area contributed by atoms with Gasteiger partial charge < -0.3 is 9.64 Å². The lowest BCUT2D eigenvalue weighted by Crippen LogP contribution is -2.30. The lowest BCUT2D eigenvalue weighted by atomic mass is 10.1. The fraction of sp³-hybridized carbons (Fsp3) is 0.174. The van der Waals surface area contributed by atoms with E-state index < -0.39 is 0 Å². The molecule has 1 aliphatic heterocycles. The van der Waals surface area contributed by atoms with Crippen LogP contribution in [0, 0.1) is 0 Å². The molecule has 0 aliphatic carbocycles. The van der Waals surface area contributed by atoms with E-state index in [-0.39, 0.29) is 11.3 Å². The summed E-state index contributed by atoms with van der Waals surface area (Å²) < 4.78 is 5.96. The molecule has 1 aliphatic rings. The van der Waals surface area contributed by atoms with E-state index in [1.807, 2.05) is 71.6 Å². The van der Waals surface area contributed by atoms with Crippen LogP contribution in [0.2, 0.25) is 5.02 Å². The molecule has 1 fully saturated rings. The largest absolute Gasteiger partial charge is 0.489 e. The molecule has 142 valence electrons. The summed E-state index contributed by atoms with van der Waals surface area (Å²) in [5, 5.41) is 0.451. The Morgan fingerprint density at radius 2 is 1.82 bits per heavy atom. The Morgan fingerprint density at radius 3 is 2.64 bits per heavy atom. The molecule has 0 aromatic heterocycles. The van der Waals surface area contributed by atoms with Gasteiger partial charge in [-0.25, -0.2) is 0 Å². The average Bonchev–Trinajstić information content (AvgIpc) is 3.23. The Bertz CT molecular complexity index is 964. The van der Waals surface area contributed by atoms with Crippen LogP contribution in [0.15, 0.2) is 78.9 Å². The number of amides is 1. The summed E-state index contributed by atoms with van der Waals surface area (Å²) in [6.45, 7) is 1.22. The van der Waals surface area contributed by atoms with E-state index in [0.29, 0.717) is 23.7 Å². The van der Waals surface area contributed by atoms with Crippen molar-refractivity contribution in [1.82, 2.24) is 4.90 Å². The molecule has 5 heteroatoms. The highest BCUT2D eigenvalue weighted by atomic mass is 35.5. The third-order valence-electron chi connectivity index (χ3n) is 4.65. The number of hydrogen-bond donors (Lipinski definition) is 0. The topological polar surface area (TPSA) is 29.5 Å². The monoisotopic (exact) mass is 409 g/mol. The van der Waals surface area contributed by atoms with Crippen LogP contribution in [-0.4, -0.2) is 23.1 Å². The van der Waals surface area contributed by atoms with Crippen molar-refractivity contribution in [1.29, 1.82) is 0 Å². The van der Waals surface area contributed by atoms with E-state index in [9.17, 15) is 4.79 Å². The van der Waals surface area contributed by atoms with E-state index in [1.165, 1.54) is 0 Å². The Hall–Kier alpha value is -2.43. The van der Waals surface area contributed by atoms with Crippen LogP contribution in [0.1, 0.15) is 26.9 Å². The maximum Gasteiger partial charge on any atom is 0.256 e. The molecule has 3 aromatic carbocycles. The minimum absolute atomic E-state index is 0.0313. The first-order valence-corrected chi connectivity index (χ1v) is 10.6. The number of rotatable bonds is 5. The molecule has 0 saturated carbocycles. The van der Waals surface area contributed by atoms with Crippen LogP contribution in [0.5, 0.6) is 5.75 Å². The van der Waals surface area contributed by atoms with Gasteiger partial charge in [-0.15, -0.1) is 11.8 Å². The molecule has 0 unspecified atom stereocenters. The maximum absolute atomic E-state index is 13.0. The summed E-state index contributed by atoms with van der Waals surface area (Å²) >= 11 is 8.00. The fourth-order valence-corrected chi connectivity index (χ4v) is 4.70. The molecular weight excluding hydrogens is 390 g/mol. The van der Waals surface area contributed by atoms with Gasteiger partial charge in [0.25, 0.3) is 5.91 Å². The zero-order valence-electron chi connectivity index (χ0n) is 15.3. The third-order valence-corrected chi connectivity index (χ3v) is 6.24. The van der Waals surface area contributed by atoms with Gasteiger partial charge in [0, 0.05) is 12.3 Å². The number of carbonyl (C=O) groups excluding carboxylic acids is 1. The first-order valence-electron chi connectivity index (χ1n) is 9.16. The van der Waals surface area contributed by atoms with Crippen LogP contribution < -0.4 is 4.74 Å². The Kier molecular flexibility index (Phi) is 5.89. The van der Waals surface area contributed by atoms with Gasteiger partial charge in [0.05, 0.1) is 10.6 Å². The zero-order chi connectivity index (χ0) is 19.3. The predicted molar refractivity (Wildman–Crippen MR) is 115 cm³/mol. The molecule has 0 N–H and O–H groups in total. The molecule has 3 nitrogen and oxygen atoms in total. The van der Waals surface area contributed by atoms with E-state index in [0.717, 1.165) is 22.6 Å². The molecule has 1 atom stereocenters. The van der Waals surface area contributed by atoms with E-state index in [2.05, 4.69) is 0 Å². The molecule has 1 amide bonds. The molecule has 28 heavy (non-hydrogen) atoms. The lowest BCUT2D eigenvalue weighted by molar-refractivity contribution is 0.0760. The van der Waals surface area contributed by atoms with E-state index in [4.69, 9.17) is 16.3 Å². The van der Waals surface area contributed by atoms with Crippen molar-refractivity contribution < 1.29 is 9.53 Å². The average molecular weight is 410 g/mol. The van der Waals surface area contributed by atoms with Crippen LogP contribution in [0.3, 0.4) is 0 Å². The molecule has 1 saturated heterocycles. The minimum atomic E-state index is -0.0379. The lowest BCUT2D eigenvalue weighted by Gasteiger charge is -2.25. The summed E-state index contributed by atoms with van der Waals surface area (Å²) in [5.41, 5.74) is 2.74. The second kappa shape index (κ2) is 8.72. The van der Waals surface area contributed by atoms with Crippen molar-refractivity contribution in [3.63, 3.8) is 0 Å². The van der Waals surface area contributed by atoms with Gasteiger partial charge in [-0.1, -0.05) is 66.2 Å². The first-order chi connectivity index (χ1) is 13.7. The first kappa shape index (κ1) is 18.9. The van der Waals surface area contributed by atoms with Gasteiger partial charge in [0.15, 0.2) is 0 Å². The highest BCUT2D eigenvalue weighted by Gasteiger charge is 2.32. The van der Waals surface area contributed by atoms with Crippen molar-refractivity contribution in [3.8, 4) is 5.75 Å². The second-order valence-corrected chi connectivity index (χ2v) is 8.14. The molecule has 0 bridgehead atoms. The number of nitrogens with zero attached hydrogens (tertiary/aromatic N) is 1. The van der Waals surface area contributed by atoms with Crippen molar-refractivity contribution in [2.75, 3.05) is 12.3 Å². The molecule has 4 rings (SSSR count). The quantitative estimate of drug-likeness (QED) is 0.532. The van der Waals surface area contributed by atoms with E-state index >= 15 is 0 Å². The van der Waals surface area contributed by atoms with Crippen molar-refractivity contribution in [3.05, 3.63) is 101 Å². The molecule has 0 spiro atoms.